The summed E-state index contributed by atoms with van der Waals surface area (Å²) >= 11 is 0. The Hall–Kier alpha value is -7.26. The largest absolute Gasteiger partial charge is 0.501 e. The molecule has 0 spiro atoms. The highest BCUT2D eigenvalue weighted by Crippen LogP contribution is 2.42. The van der Waals surface area contributed by atoms with Crippen LogP contribution >= 0.6 is 0 Å². The molecule has 0 radical (unpaired) electrons. The van der Waals surface area contributed by atoms with Gasteiger partial charge in [0.2, 0.25) is 22.3 Å². The van der Waals surface area contributed by atoms with E-state index < -0.39 is 31.7 Å². The average Bonchev–Trinajstić information content (AvgIpc) is 3.19. The maximum atomic E-state index is 14.2. The van der Waals surface area contributed by atoms with Crippen LogP contribution in [0, 0.1) is 10.8 Å². The fourth-order valence-electron chi connectivity index (χ4n) is 6.77. The Morgan fingerprint density at radius 2 is 0.855 bits per heavy atom. The van der Waals surface area contributed by atoms with E-state index in [-0.39, 0.29) is 60.6 Å². The van der Waals surface area contributed by atoms with E-state index in [0.29, 0.717) is 32.7 Å². The molecular weight excluding hydrogens is 741 g/mol. The molecule has 268 valence electrons. The Bertz CT molecular complexity index is 3010. The molecular formula is C41H26N4O8S2+2. The van der Waals surface area contributed by atoms with Gasteiger partial charge in [0.05, 0.1) is 0 Å². The molecule has 0 amide bonds. The molecule has 2 N–H and O–H groups in total. The molecule has 0 saturated carbocycles. The number of phenols is 2. The van der Waals surface area contributed by atoms with Crippen LogP contribution < -0.4 is 8.37 Å². The molecule has 0 heterocycles. The summed E-state index contributed by atoms with van der Waals surface area (Å²) in [6, 6.07) is 34.9. The van der Waals surface area contributed by atoms with Gasteiger partial charge in [-0.2, -0.15) is 16.8 Å². The standard InChI is InChI=1S/C41H24N4O8S2/c42-44-34-21-19-30-32(38(34)46)11-5-13-36(30)54(48,49)52-40-26(17-15-24-7-1-3-9-28(24)40)23-27-18-16-25-8-2-4-10-29(25)41(27)53-55(50,51)37-14-6-12-33-31(37)20-22-35(45-43)39(33)47/h1-22H,23H2/p+2. The van der Waals surface area contributed by atoms with Crippen molar-refractivity contribution in [2.24, 2.45) is 0 Å². The first-order valence-electron chi connectivity index (χ1n) is 16.6. The van der Waals surface area contributed by atoms with Crippen LogP contribution in [0.3, 0.4) is 0 Å². The fraction of sp³-hybridized carbons (Fsp3) is 0.0244. The molecule has 0 fully saturated rings. The van der Waals surface area contributed by atoms with Crippen molar-refractivity contribution in [1.82, 2.24) is 0 Å². The minimum Gasteiger partial charge on any atom is -0.501 e. The lowest BCUT2D eigenvalue weighted by molar-refractivity contribution is 0.483. The van der Waals surface area contributed by atoms with Crippen molar-refractivity contribution in [3.63, 3.8) is 0 Å². The molecule has 0 aliphatic heterocycles. The molecule has 12 nitrogen and oxygen atoms in total. The highest BCUT2D eigenvalue weighted by molar-refractivity contribution is 7.87. The number of rotatable bonds is 8. The topological polar surface area (TPSA) is 183 Å². The van der Waals surface area contributed by atoms with Gasteiger partial charge in [0.25, 0.3) is 0 Å². The minimum atomic E-state index is -4.60. The molecule has 14 heteroatoms. The summed E-state index contributed by atoms with van der Waals surface area (Å²) in [4.78, 5) is 5.62. The van der Waals surface area contributed by atoms with Gasteiger partial charge in [-0.15, -0.1) is 0 Å². The van der Waals surface area contributed by atoms with Crippen LogP contribution in [0.15, 0.2) is 143 Å². The Morgan fingerprint density at radius 1 is 0.455 bits per heavy atom. The number of benzene rings is 8. The van der Waals surface area contributed by atoms with Gasteiger partial charge >= 0.3 is 31.6 Å². The van der Waals surface area contributed by atoms with E-state index >= 15 is 0 Å². The smallest absolute Gasteiger partial charge is 0.426 e. The number of diazo groups is 2. The van der Waals surface area contributed by atoms with E-state index in [9.17, 15) is 37.8 Å². The van der Waals surface area contributed by atoms with Crippen LogP contribution in [-0.4, -0.2) is 27.0 Å². The summed E-state index contributed by atoms with van der Waals surface area (Å²) in [5.74, 6) is -0.824. The van der Waals surface area contributed by atoms with Crippen LogP contribution in [0.5, 0.6) is 23.0 Å². The summed E-state index contributed by atoms with van der Waals surface area (Å²) in [6.07, 6.45) is -0.0409. The summed E-state index contributed by atoms with van der Waals surface area (Å²) < 4.78 is 68.7. The third-order valence-electron chi connectivity index (χ3n) is 9.39. The molecule has 0 unspecified atom stereocenters. The van der Waals surface area contributed by atoms with Gasteiger partial charge in [0, 0.05) is 62.0 Å². The van der Waals surface area contributed by atoms with Gasteiger partial charge in [0.1, 0.15) is 9.79 Å². The molecule has 0 atom stereocenters. The van der Waals surface area contributed by atoms with Gasteiger partial charge in [-0.05, 0) is 35.0 Å². The Morgan fingerprint density at radius 3 is 1.27 bits per heavy atom. The van der Waals surface area contributed by atoms with Crippen molar-refractivity contribution in [1.29, 1.82) is 10.8 Å². The number of fused-ring (bicyclic) bond motifs is 4. The van der Waals surface area contributed by atoms with E-state index in [0.717, 1.165) is 0 Å². The number of hydrogen-bond acceptors (Lipinski definition) is 10. The van der Waals surface area contributed by atoms with E-state index in [2.05, 4.69) is 9.95 Å². The highest BCUT2D eigenvalue weighted by Gasteiger charge is 2.29. The fourth-order valence-corrected chi connectivity index (χ4v) is 9.16. The van der Waals surface area contributed by atoms with Crippen molar-refractivity contribution in [2.75, 3.05) is 0 Å². The summed E-state index contributed by atoms with van der Waals surface area (Å²) in [5, 5.41) is 42.7. The first-order valence-corrected chi connectivity index (χ1v) is 19.4. The van der Waals surface area contributed by atoms with Gasteiger partial charge in [-0.1, -0.05) is 97.1 Å². The quantitative estimate of drug-likeness (QED) is 0.111. The third-order valence-corrected chi connectivity index (χ3v) is 11.9. The summed E-state index contributed by atoms with van der Waals surface area (Å²) in [6.45, 7) is 0. The Kier molecular flexibility index (Phi) is 8.42. The zero-order chi connectivity index (χ0) is 38.5. The average molecular weight is 767 g/mol. The number of phenolic OH excluding ortho intramolecular Hbond substituents is 2. The lowest BCUT2D eigenvalue weighted by Gasteiger charge is -2.18. The first-order chi connectivity index (χ1) is 26.5. The van der Waals surface area contributed by atoms with Crippen molar-refractivity contribution < 1.29 is 35.4 Å². The maximum absolute atomic E-state index is 14.2. The molecule has 0 aromatic heterocycles. The zero-order valence-corrected chi connectivity index (χ0v) is 30.0. The van der Waals surface area contributed by atoms with Gasteiger partial charge in [0.15, 0.2) is 21.5 Å². The van der Waals surface area contributed by atoms with E-state index in [1.54, 1.807) is 72.8 Å². The number of aromatic hydroxyl groups is 2. The van der Waals surface area contributed by atoms with Gasteiger partial charge in [-0.3, -0.25) is 0 Å². The van der Waals surface area contributed by atoms with Crippen molar-refractivity contribution in [3.8, 4) is 23.0 Å². The molecule has 0 saturated heterocycles. The predicted octanol–water partition coefficient (Wildman–Crippen LogP) is 9.81. The maximum Gasteiger partial charge on any atom is 0.426 e. The molecule has 0 bridgehead atoms. The Labute approximate surface area is 313 Å². The molecule has 8 rings (SSSR count). The first kappa shape index (κ1) is 34.8. The van der Waals surface area contributed by atoms with Crippen LogP contribution in [0.4, 0.5) is 11.4 Å². The highest BCUT2D eigenvalue weighted by atomic mass is 32.2. The van der Waals surface area contributed by atoms with E-state index in [1.807, 2.05) is 0 Å². The second-order valence-electron chi connectivity index (χ2n) is 12.6. The van der Waals surface area contributed by atoms with Crippen molar-refractivity contribution >= 4 is 74.7 Å². The van der Waals surface area contributed by atoms with Crippen LogP contribution in [0.2, 0.25) is 0 Å². The predicted molar refractivity (Wildman–Crippen MR) is 207 cm³/mol. The molecule has 0 aliphatic carbocycles. The van der Waals surface area contributed by atoms with Crippen LogP contribution in [0.1, 0.15) is 11.1 Å². The minimum absolute atomic E-state index is 0.00194. The van der Waals surface area contributed by atoms with Crippen molar-refractivity contribution in [3.05, 3.63) is 155 Å². The molecule has 8 aromatic carbocycles. The van der Waals surface area contributed by atoms with E-state index in [1.165, 1.54) is 60.7 Å². The number of nitrogens with zero attached hydrogens (tertiary/aromatic N) is 4. The monoisotopic (exact) mass is 766 g/mol. The second-order valence-corrected chi connectivity index (χ2v) is 15.6. The van der Waals surface area contributed by atoms with Gasteiger partial charge in [-0.25, -0.2) is 0 Å². The lowest BCUT2D eigenvalue weighted by atomic mass is 9.97. The second kappa shape index (κ2) is 13.3. The molecule has 0 aliphatic rings. The third kappa shape index (κ3) is 6.01. The SMILES string of the molecule is N#[N+]c1ccc2c(S(=O)(=O)Oc3c(Cc4ccc5ccccc5c4OS(=O)(=O)c4cccc5c(O)c([N+]#N)ccc45)ccc4ccccc34)cccc2c1O. The lowest BCUT2D eigenvalue weighted by Crippen LogP contribution is -2.13. The zero-order valence-electron chi connectivity index (χ0n) is 28.4. The Balaban J connectivity index is 1.26. The summed E-state index contributed by atoms with van der Waals surface area (Å²) in [7, 11) is -9.19. The molecule has 8 aromatic rings. The van der Waals surface area contributed by atoms with Gasteiger partial charge < -0.3 is 18.6 Å². The van der Waals surface area contributed by atoms with Crippen LogP contribution in [-0.2, 0) is 26.7 Å². The molecule has 55 heavy (non-hydrogen) atoms. The van der Waals surface area contributed by atoms with Crippen LogP contribution in [0.25, 0.3) is 53.0 Å². The van der Waals surface area contributed by atoms with E-state index in [4.69, 9.17) is 8.37 Å². The summed E-state index contributed by atoms with van der Waals surface area (Å²) in [5.41, 5.74) is 0.500. The number of hydrogen-bond donors (Lipinski definition) is 2. The van der Waals surface area contributed by atoms with Crippen molar-refractivity contribution in [2.45, 2.75) is 16.2 Å². The normalized spacial score (nSPS) is 11.7.